The van der Waals surface area contributed by atoms with E-state index in [1.165, 1.54) is 0 Å². The lowest BCUT2D eigenvalue weighted by Crippen LogP contribution is -2.50. The molecular weight excluding hydrogens is 206 g/mol. The molecule has 5 nitrogen and oxygen atoms in total. The van der Waals surface area contributed by atoms with Gasteiger partial charge in [0, 0.05) is 13.5 Å². The number of morpholine rings is 1. The third-order valence-electron chi connectivity index (χ3n) is 3.08. The van der Waals surface area contributed by atoms with E-state index in [0.29, 0.717) is 19.7 Å². The van der Waals surface area contributed by atoms with Gasteiger partial charge in [-0.3, -0.25) is 9.89 Å². The quantitative estimate of drug-likeness (QED) is 0.766. The third-order valence-corrected chi connectivity index (χ3v) is 3.08. The van der Waals surface area contributed by atoms with Crippen LogP contribution in [0.5, 0.6) is 0 Å². The summed E-state index contributed by atoms with van der Waals surface area (Å²) in [7, 11) is 0. The summed E-state index contributed by atoms with van der Waals surface area (Å²) >= 11 is 0. The number of carbonyl (C=O) groups is 1. The first kappa shape index (κ1) is 11.1. The van der Waals surface area contributed by atoms with Crippen LogP contribution in [-0.4, -0.2) is 40.7 Å². The third kappa shape index (κ3) is 1.82. The highest BCUT2D eigenvalue weighted by Crippen LogP contribution is 2.29. The van der Waals surface area contributed by atoms with Gasteiger partial charge in [0.05, 0.1) is 25.0 Å². The fourth-order valence-corrected chi connectivity index (χ4v) is 2.17. The summed E-state index contributed by atoms with van der Waals surface area (Å²) in [6.07, 6.45) is 1.77. The number of hydrogen-bond acceptors (Lipinski definition) is 3. The fraction of sp³-hybridized carbons (Fsp3) is 0.636. The van der Waals surface area contributed by atoms with Crippen molar-refractivity contribution in [2.75, 3.05) is 19.7 Å². The number of amides is 1. The van der Waals surface area contributed by atoms with Gasteiger partial charge in [0.2, 0.25) is 5.91 Å². The van der Waals surface area contributed by atoms with Gasteiger partial charge in [-0.2, -0.15) is 5.10 Å². The van der Waals surface area contributed by atoms with Gasteiger partial charge in [0.25, 0.3) is 0 Å². The number of ether oxygens (including phenoxy) is 1. The maximum absolute atomic E-state index is 11.4. The zero-order valence-electron chi connectivity index (χ0n) is 9.91. The normalized spacial score (nSPS) is 25.8. The molecule has 1 atom stereocenters. The van der Waals surface area contributed by atoms with Gasteiger partial charge in [0.1, 0.15) is 5.60 Å². The van der Waals surface area contributed by atoms with Crippen molar-refractivity contribution in [1.29, 1.82) is 0 Å². The van der Waals surface area contributed by atoms with Crippen LogP contribution < -0.4 is 0 Å². The SMILES string of the molecule is CC(=O)N1CCO[C@](C)(c2[nH]ncc2C)C1. The van der Waals surface area contributed by atoms with Crippen molar-refractivity contribution in [2.24, 2.45) is 0 Å². The van der Waals surface area contributed by atoms with Gasteiger partial charge < -0.3 is 9.64 Å². The average molecular weight is 223 g/mol. The molecular formula is C11H17N3O2. The van der Waals surface area contributed by atoms with Gasteiger partial charge in [-0.1, -0.05) is 0 Å². The summed E-state index contributed by atoms with van der Waals surface area (Å²) in [5.74, 6) is 0.0895. The summed E-state index contributed by atoms with van der Waals surface area (Å²) in [6, 6.07) is 0. The standard InChI is InChI=1S/C11H17N3O2/c1-8-6-12-13-10(8)11(3)7-14(9(2)15)4-5-16-11/h6H,4-5,7H2,1-3H3,(H,12,13)/t11-/m0/s1. The molecule has 0 bridgehead atoms. The first-order valence-electron chi connectivity index (χ1n) is 5.43. The van der Waals surface area contributed by atoms with E-state index in [2.05, 4.69) is 10.2 Å². The van der Waals surface area contributed by atoms with E-state index in [1.54, 1.807) is 13.1 Å². The summed E-state index contributed by atoms with van der Waals surface area (Å²) in [6.45, 7) is 7.37. The van der Waals surface area contributed by atoms with Crippen LogP contribution in [0, 0.1) is 6.92 Å². The highest BCUT2D eigenvalue weighted by Gasteiger charge is 2.37. The predicted molar refractivity (Wildman–Crippen MR) is 58.9 cm³/mol. The van der Waals surface area contributed by atoms with E-state index in [4.69, 9.17) is 4.74 Å². The summed E-state index contributed by atoms with van der Waals surface area (Å²) < 4.78 is 5.81. The van der Waals surface area contributed by atoms with E-state index in [1.807, 2.05) is 18.7 Å². The highest BCUT2D eigenvalue weighted by molar-refractivity contribution is 5.73. The molecule has 1 N–H and O–H groups in total. The number of aryl methyl sites for hydroxylation is 1. The van der Waals surface area contributed by atoms with E-state index in [0.717, 1.165) is 11.3 Å². The van der Waals surface area contributed by atoms with Gasteiger partial charge >= 0.3 is 0 Å². The molecule has 2 heterocycles. The lowest BCUT2D eigenvalue weighted by Gasteiger charge is -2.39. The van der Waals surface area contributed by atoms with Crippen LogP contribution >= 0.6 is 0 Å². The smallest absolute Gasteiger partial charge is 0.219 e. The molecule has 2 rings (SSSR count). The largest absolute Gasteiger partial charge is 0.365 e. The van der Waals surface area contributed by atoms with Gasteiger partial charge in [-0.25, -0.2) is 0 Å². The lowest BCUT2D eigenvalue weighted by atomic mass is 9.97. The van der Waals surface area contributed by atoms with Crippen molar-refractivity contribution in [1.82, 2.24) is 15.1 Å². The number of rotatable bonds is 1. The molecule has 1 aliphatic heterocycles. The summed E-state index contributed by atoms with van der Waals surface area (Å²) in [5.41, 5.74) is 1.55. The average Bonchev–Trinajstić information content (AvgIpc) is 2.65. The summed E-state index contributed by atoms with van der Waals surface area (Å²) in [4.78, 5) is 13.2. The van der Waals surface area contributed by atoms with Crippen molar-refractivity contribution in [3.8, 4) is 0 Å². The first-order chi connectivity index (χ1) is 7.53. The molecule has 1 aliphatic rings. The zero-order valence-corrected chi connectivity index (χ0v) is 9.91. The van der Waals surface area contributed by atoms with E-state index >= 15 is 0 Å². The van der Waals surface area contributed by atoms with Crippen molar-refractivity contribution in [3.05, 3.63) is 17.5 Å². The second kappa shape index (κ2) is 3.90. The monoisotopic (exact) mass is 223 g/mol. The molecule has 1 aromatic heterocycles. The Morgan fingerprint density at radius 1 is 1.69 bits per heavy atom. The predicted octanol–water partition coefficient (Wildman–Crippen LogP) is 0.812. The molecule has 16 heavy (non-hydrogen) atoms. The molecule has 1 aromatic rings. The maximum atomic E-state index is 11.4. The van der Waals surface area contributed by atoms with Crippen LogP contribution in [0.25, 0.3) is 0 Å². The molecule has 1 fully saturated rings. The molecule has 0 saturated carbocycles. The number of nitrogens with zero attached hydrogens (tertiary/aromatic N) is 2. The Bertz CT molecular complexity index is 402. The van der Waals surface area contributed by atoms with Crippen LogP contribution in [-0.2, 0) is 15.1 Å². The number of nitrogens with one attached hydrogen (secondary N) is 1. The second-order valence-electron chi connectivity index (χ2n) is 4.45. The molecule has 0 aliphatic carbocycles. The molecule has 0 aromatic carbocycles. The zero-order chi connectivity index (χ0) is 11.8. The Hall–Kier alpha value is -1.36. The Labute approximate surface area is 94.8 Å². The first-order valence-corrected chi connectivity index (χ1v) is 5.43. The Morgan fingerprint density at radius 2 is 2.44 bits per heavy atom. The fourth-order valence-electron chi connectivity index (χ4n) is 2.17. The Kier molecular flexibility index (Phi) is 2.71. The Balaban J connectivity index is 2.25. The Morgan fingerprint density at radius 3 is 3.00 bits per heavy atom. The van der Waals surface area contributed by atoms with Crippen LogP contribution in [0.1, 0.15) is 25.1 Å². The molecule has 0 spiro atoms. The van der Waals surface area contributed by atoms with Crippen LogP contribution in [0.3, 0.4) is 0 Å². The number of aromatic nitrogens is 2. The van der Waals surface area contributed by atoms with Gasteiger partial charge in [0.15, 0.2) is 0 Å². The number of H-pyrrole nitrogens is 1. The van der Waals surface area contributed by atoms with E-state index in [9.17, 15) is 4.79 Å². The van der Waals surface area contributed by atoms with E-state index in [-0.39, 0.29) is 5.91 Å². The second-order valence-corrected chi connectivity index (χ2v) is 4.45. The minimum atomic E-state index is -0.468. The van der Waals surface area contributed by atoms with Gasteiger partial charge in [-0.15, -0.1) is 0 Å². The van der Waals surface area contributed by atoms with Crippen molar-refractivity contribution >= 4 is 5.91 Å². The molecule has 0 radical (unpaired) electrons. The maximum Gasteiger partial charge on any atom is 0.219 e. The number of hydrogen-bond donors (Lipinski definition) is 1. The minimum Gasteiger partial charge on any atom is -0.365 e. The molecule has 1 amide bonds. The van der Waals surface area contributed by atoms with E-state index < -0.39 is 5.60 Å². The molecule has 0 unspecified atom stereocenters. The lowest BCUT2D eigenvalue weighted by molar-refractivity contribution is -0.148. The molecule has 88 valence electrons. The van der Waals surface area contributed by atoms with Gasteiger partial charge in [-0.05, 0) is 19.4 Å². The van der Waals surface area contributed by atoms with Crippen molar-refractivity contribution < 1.29 is 9.53 Å². The van der Waals surface area contributed by atoms with Crippen LogP contribution in [0.2, 0.25) is 0 Å². The summed E-state index contributed by atoms with van der Waals surface area (Å²) in [5, 5.41) is 6.97. The van der Waals surface area contributed by atoms with Crippen LogP contribution in [0.15, 0.2) is 6.20 Å². The highest BCUT2D eigenvalue weighted by atomic mass is 16.5. The number of aromatic amines is 1. The molecule has 1 saturated heterocycles. The van der Waals surface area contributed by atoms with Crippen molar-refractivity contribution in [2.45, 2.75) is 26.4 Å². The van der Waals surface area contributed by atoms with Crippen molar-refractivity contribution in [3.63, 3.8) is 0 Å². The molecule has 5 heteroatoms. The number of carbonyl (C=O) groups excluding carboxylic acids is 1. The minimum absolute atomic E-state index is 0.0895. The van der Waals surface area contributed by atoms with Crippen LogP contribution in [0.4, 0.5) is 0 Å². The topological polar surface area (TPSA) is 58.2 Å².